The first-order valence-electron chi connectivity index (χ1n) is 5.87. The second-order valence-electron chi connectivity index (χ2n) is 4.79. The van der Waals surface area contributed by atoms with Gasteiger partial charge >= 0.3 is 0 Å². The number of benzene rings is 1. The minimum atomic E-state index is 0.276. The first-order valence-corrected chi connectivity index (χ1v) is 5.87. The normalized spacial score (nSPS) is 11.8. The molecule has 0 atom stereocenters. The summed E-state index contributed by atoms with van der Waals surface area (Å²) in [4.78, 5) is 0. The molecular formula is C14H23N. The molecule has 0 aliphatic carbocycles. The number of aryl methyl sites for hydroxylation is 1. The second-order valence-corrected chi connectivity index (χ2v) is 4.79. The van der Waals surface area contributed by atoms with Gasteiger partial charge in [0.1, 0.15) is 0 Å². The third kappa shape index (κ3) is 2.60. The molecule has 15 heavy (non-hydrogen) atoms. The van der Waals surface area contributed by atoms with E-state index in [1.165, 1.54) is 23.1 Å². The highest BCUT2D eigenvalue weighted by molar-refractivity contribution is 5.36. The van der Waals surface area contributed by atoms with E-state index in [9.17, 15) is 0 Å². The van der Waals surface area contributed by atoms with E-state index in [1.54, 1.807) is 0 Å². The Morgan fingerprint density at radius 3 is 2.33 bits per heavy atom. The van der Waals surface area contributed by atoms with Crippen LogP contribution in [0.1, 0.15) is 50.8 Å². The van der Waals surface area contributed by atoms with Crippen molar-refractivity contribution in [1.82, 2.24) is 0 Å². The maximum absolute atomic E-state index is 5.67. The number of hydrogen-bond acceptors (Lipinski definition) is 1. The van der Waals surface area contributed by atoms with Crippen LogP contribution in [0.4, 0.5) is 0 Å². The van der Waals surface area contributed by atoms with Gasteiger partial charge in [0.2, 0.25) is 0 Å². The lowest BCUT2D eigenvalue weighted by Gasteiger charge is -2.26. The Morgan fingerprint density at radius 1 is 1.20 bits per heavy atom. The third-order valence-electron chi connectivity index (χ3n) is 3.40. The molecule has 0 bridgehead atoms. The summed E-state index contributed by atoms with van der Waals surface area (Å²) >= 11 is 0. The van der Waals surface area contributed by atoms with Crippen LogP contribution < -0.4 is 5.73 Å². The van der Waals surface area contributed by atoms with Crippen molar-refractivity contribution >= 4 is 0 Å². The van der Waals surface area contributed by atoms with E-state index in [0.717, 1.165) is 6.42 Å². The Bertz CT molecular complexity index is 326. The molecule has 1 heteroatoms. The molecule has 1 aromatic carbocycles. The van der Waals surface area contributed by atoms with E-state index in [2.05, 4.69) is 45.9 Å². The van der Waals surface area contributed by atoms with Gasteiger partial charge in [-0.3, -0.25) is 0 Å². The predicted octanol–water partition coefficient (Wildman–Crippen LogP) is 3.40. The average Bonchev–Trinajstić information content (AvgIpc) is 2.28. The largest absolute Gasteiger partial charge is 0.326 e. The quantitative estimate of drug-likeness (QED) is 0.801. The van der Waals surface area contributed by atoms with Crippen molar-refractivity contribution in [2.45, 2.75) is 52.5 Å². The van der Waals surface area contributed by atoms with E-state index >= 15 is 0 Å². The fraction of sp³-hybridized carbons (Fsp3) is 0.571. The van der Waals surface area contributed by atoms with Crippen LogP contribution in [-0.4, -0.2) is 0 Å². The van der Waals surface area contributed by atoms with Gasteiger partial charge in [-0.1, -0.05) is 45.9 Å². The maximum atomic E-state index is 5.67. The SMILES string of the molecule is CCc1cc(CN)ccc1C(C)(C)CC. The van der Waals surface area contributed by atoms with Crippen LogP contribution in [0, 0.1) is 0 Å². The fourth-order valence-corrected chi connectivity index (χ4v) is 1.92. The van der Waals surface area contributed by atoms with Crippen molar-refractivity contribution < 1.29 is 0 Å². The van der Waals surface area contributed by atoms with Crippen molar-refractivity contribution in [2.75, 3.05) is 0 Å². The van der Waals surface area contributed by atoms with Gasteiger partial charge < -0.3 is 5.73 Å². The molecule has 0 aliphatic heterocycles. The van der Waals surface area contributed by atoms with E-state index in [1.807, 2.05) is 0 Å². The predicted molar refractivity (Wildman–Crippen MR) is 67.0 cm³/mol. The highest BCUT2D eigenvalue weighted by Crippen LogP contribution is 2.30. The van der Waals surface area contributed by atoms with Crippen LogP contribution in [0.2, 0.25) is 0 Å². The van der Waals surface area contributed by atoms with Crippen LogP contribution in [0.25, 0.3) is 0 Å². The molecule has 2 N–H and O–H groups in total. The Labute approximate surface area is 93.7 Å². The molecule has 0 aromatic heterocycles. The summed E-state index contributed by atoms with van der Waals surface area (Å²) in [5.74, 6) is 0. The van der Waals surface area contributed by atoms with Crippen LogP contribution in [0.15, 0.2) is 18.2 Å². The van der Waals surface area contributed by atoms with Crippen LogP contribution in [0.5, 0.6) is 0 Å². The second kappa shape index (κ2) is 4.80. The topological polar surface area (TPSA) is 26.0 Å². The van der Waals surface area contributed by atoms with E-state index in [4.69, 9.17) is 5.73 Å². The Balaban J connectivity index is 3.18. The molecule has 0 saturated heterocycles. The minimum absolute atomic E-state index is 0.276. The van der Waals surface area contributed by atoms with Crippen LogP contribution in [0.3, 0.4) is 0 Å². The molecule has 0 heterocycles. The molecule has 0 aliphatic rings. The molecule has 1 nitrogen and oxygen atoms in total. The highest BCUT2D eigenvalue weighted by Gasteiger charge is 2.20. The Hall–Kier alpha value is -0.820. The third-order valence-corrected chi connectivity index (χ3v) is 3.40. The average molecular weight is 205 g/mol. The van der Waals surface area contributed by atoms with Gasteiger partial charge in [-0.2, -0.15) is 0 Å². The lowest BCUT2D eigenvalue weighted by Crippen LogP contribution is -2.18. The Kier molecular flexibility index (Phi) is 3.92. The van der Waals surface area contributed by atoms with Gasteiger partial charge in [0.25, 0.3) is 0 Å². The summed E-state index contributed by atoms with van der Waals surface area (Å²) in [5, 5.41) is 0. The fourth-order valence-electron chi connectivity index (χ4n) is 1.92. The zero-order valence-electron chi connectivity index (χ0n) is 10.4. The summed E-state index contributed by atoms with van der Waals surface area (Å²) in [6.45, 7) is 9.72. The zero-order chi connectivity index (χ0) is 11.5. The van der Waals surface area contributed by atoms with E-state index < -0.39 is 0 Å². The Morgan fingerprint density at radius 2 is 1.87 bits per heavy atom. The summed E-state index contributed by atoms with van der Waals surface area (Å²) in [6.07, 6.45) is 2.26. The lowest BCUT2D eigenvalue weighted by molar-refractivity contribution is 0.501. The lowest BCUT2D eigenvalue weighted by atomic mass is 9.78. The standard InChI is InChI=1S/C14H23N/c1-5-12-9-11(10-15)7-8-13(12)14(3,4)6-2/h7-9H,5-6,10,15H2,1-4H3. The van der Waals surface area contributed by atoms with E-state index in [0.29, 0.717) is 6.54 Å². The molecule has 0 amide bonds. The number of rotatable bonds is 4. The molecule has 1 rings (SSSR count). The summed E-state index contributed by atoms with van der Waals surface area (Å²) in [7, 11) is 0. The van der Waals surface area contributed by atoms with Gasteiger partial charge in [0, 0.05) is 6.54 Å². The summed E-state index contributed by atoms with van der Waals surface area (Å²) < 4.78 is 0. The van der Waals surface area contributed by atoms with Crippen molar-refractivity contribution in [3.8, 4) is 0 Å². The van der Waals surface area contributed by atoms with Gasteiger partial charge in [-0.15, -0.1) is 0 Å². The zero-order valence-corrected chi connectivity index (χ0v) is 10.4. The van der Waals surface area contributed by atoms with Gasteiger partial charge in [-0.25, -0.2) is 0 Å². The van der Waals surface area contributed by atoms with Crippen LogP contribution >= 0.6 is 0 Å². The molecule has 0 fully saturated rings. The molecular weight excluding hydrogens is 182 g/mol. The summed E-state index contributed by atoms with van der Waals surface area (Å²) in [6, 6.07) is 6.67. The smallest absolute Gasteiger partial charge is 0.0178 e. The molecule has 0 unspecified atom stereocenters. The summed E-state index contributed by atoms with van der Waals surface area (Å²) in [5.41, 5.74) is 10.1. The van der Waals surface area contributed by atoms with Crippen molar-refractivity contribution in [1.29, 1.82) is 0 Å². The van der Waals surface area contributed by atoms with Gasteiger partial charge in [-0.05, 0) is 34.9 Å². The monoisotopic (exact) mass is 205 g/mol. The van der Waals surface area contributed by atoms with Crippen molar-refractivity contribution in [3.05, 3.63) is 34.9 Å². The molecule has 0 spiro atoms. The first-order chi connectivity index (χ1) is 7.05. The molecule has 0 radical (unpaired) electrons. The maximum Gasteiger partial charge on any atom is 0.0178 e. The highest BCUT2D eigenvalue weighted by atomic mass is 14.5. The molecule has 84 valence electrons. The molecule has 0 saturated carbocycles. The van der Waals surface area contributed by atoms with Crippen molar-refractivity contribution in [3.63, 3.8) is 0 Å². The number of nitrogens with two attached hydrogens (primary N) is 1. The van der Waals surface area contributed by atoms with Gasteiger partial charge in [0.05, 0.1) is 0 Å². The van der Waals surface area contributed by atoms with E-state index in [-0.39, 0.29) is 5.41 Å². The van der Waals surface area contributed by atoms with Gasteiger partial charge in [0.15, 0.2) is 0 Å². The van der Waals surface area contributed by atoms with Crippen molar-refractivity contribution in [2.24, 2.45) is 5.73 Å². The number of hydrogen-bond donors (Lipinski definition) is 1. The first kappa shape index (κ1) is 12.3. The minimum Gasteiger partial charge on any atom is -0.326 e. The van der Waals surface area contributed by atoms with Crippen LogP contribution in [-0.2, 0) is 18.4 Å². The molecule has 1 aromatic rings.